The van der Waals surface area contributed by atoms with Gasteiger partial charge in [0.2, 0.25) is 6.79 Å². The number of halogens is 2. The second kappa shape index (κ2) is 6.29. The third kappa shape index (κ3) is 2.75. The van der Waals surface area contributed by atoms with Crippen molar-refractivity contribution in [2.75, 3.05) is 13.3 Å². The molecule has 28 heavy (non-hydrogen) atoms. The van der Waals surface area contributed by atoms with Gasteiger partial charge < -0.3 is 14.8 Å². The van der Waals surface area contributed by atoms with Gasteiger partial charge in [-0.25, -0.2) is 13.6 Å². The Morgan fingerprint density at radius 1 is 1.14 bits per heavy atom. The van der Waals surface area contributed by atoms with E-state index in [1.54, 1.807) is 6.07 Å². The third-order valence-corrected chi connectivity index (χ3v) is 4.74. The first-order valence-corrected chi connectivity index (χ1v) is 8.32. The molecule has 1 N–H and O–H groups in total. The second-order valence-corrected chi connectivity index (χ2v) is 6.56. The molecule has 0 bridgehead atoms. The highest BCUT2D eigenvalue weighted by Gasteiger charge is 2.50. The van der Waals surface area contributed by atoms with E-state index in [4.69, 9.17) is 9.47 Å². The van der Waals surface area contributed by atoms with Crippen molar-refractivity contribution in [1.29, 1.82) is 0 Å². The van der Waals surface area contributed by atoms with Crippen molar-refractivity contribution < 1.29 is 32.6 Å². The van der Waals surface area contributed by atoms with Gasteiger partial charge in [-0.1, -0.05) is 0 Å². The fourth-order valence-electron chi connectivity index (χ4n) is 3.21. The minimum absolute atomic E-state index is 0.0392. The fraction of sp³-hybridized carbons (Fsp3) is 0.211. The zero-order chi connectivity index (χ0) is 20.1. The molecule has 1 fully saturated rings. The van der Waals surface area contributed by atoms with E-state index in [9.17, 15) is 23.2 Å². The minimum atomic E-state index is -1.82. The van der Waals surface area contributed by atoms with Gasteiger partial charge in [-0.3, -0.25) is 14.5 Å². The molecule has 3 amide bonds. The molecule has 1 saturated heterocycles. The van der Waals surface area contributed by atoms with Crippen molar-refractivity contribution >= 4 is 17.7 Å². The smallest absolute Gasteiger partial charge is 0.325 e. The number of carbonyl (C=O) groups is 3. The number of amides is 3. The normalized spacial score (nSPS) is 20.5. The van der Waals surface area contributed by atoms with Gasteiger partial charge in [0.05, 0.1) is 6.54 Å². The monoisotopic (exact) mass is 388 g/mol. The molecular weight excluding hydrogens is 374 g/mol. The lowest BCUT2D eigenvalue weighted by Crippen LogP contribution is -2.42. The standard InChI is InChI=1S/C19H14F2N2O5/c1-19(12-7-11(20)3-4-13(12)21)17(25)23(18(26)22-19)8-14(24)10-2-5-15-16(6-10)28-9-27-15/h2-7H,8-9H2,1H3,(H,22,26)/t19-/m1/s1. The van der Waals surface area contributed by atoms with Crippen molar-refractivity contribution in [2.24, 2.45) is 0 Å². The number of imide groups is 1. The molecule has 0 unspecified atom stereocenters. The summed E-state index contributed by atoms with van der Waals surface area (Å²) in [5.41, 5.74) is -1.92. The SMILES string of the molecule is C[C@]1(c2cc(F)ccc2F)NC(=O)N(CC(=O)c2ccc3c(c2)OCO3)C1=O. The molecule has 1 atom stereocenters. The molecular formula is C19H14F2N2O5. The first-order valence-electron chi connectivity index (χ1n) is 8.32. The van der Waals surface area contributed by atoms with Crippen LogP contribution in [0.25, 0.3) is 0 Å². The minimum Gasteiger partial charge on any atom is -0.454 e. The summed E-state index contributed by atoms with van der Waals surface area (Å²) >= 11 is 0. The lowest BCUT2D eigenvalue weighted by atomic mass is 9.91. The lowest BCUT2D eigenvalue weighted by Gasteiger charge is -2.22. The largest absolute Gasteiger partial charge is 0.454 e. The molecule has 0 aromatic heterocycles. The van der Waals surface area contributed by atoms with E-state index < -0.39 is 41.4 Å². The molecule has 2 aliphatic heterocycles. The van der Waals surface area contributed by atoms with Gasteiger partial charge in [0.15, 0.2) is 17.3 Å². The van der Waals surface area contributed by atoms with Crippen LogP contribution in [0.4, 0.5) is 13.6 Å². The molecule has 4 rings (SSSR count). The van der Waals surface area contributed by atoms with E-state index in [0.717, 1.165) is 18.2 Å². The van der Waals surface area contributed by atoms with Gasteiger partial charge in [0.1, 0.15) is 17.2 Å². The van der Waals surface area contributed by atoms with E-state index >= 15 is 0 Å². The second-order valence-electron chi connectivity index (χ2n) is 6.56. The van der Waals surface area contributed by atoms with E-state index in [1.807, 2.05) is 0 Å². The van der Waals surface area contributed by atoms with Crippen molar-refractivity contribution in [3.63, 3.8) is 0 Å². The third-order valence-electron chi connectivity index (χ3n) is 4.74. The quantitative estimate of drug-likeness (QED) is 0.642. The van der Waals surface area contributed by atoms with E-state index in [0.29, 0.717) is 16.4 Å². The van der Waals surface area contributed by atoms with Crippen LogP contribution in [0, 0.1) is 11.6 Å². The highest BCUT2D eigenvalue weighted by molar-refractivity contribution is 6.11. The van der Waals surface area contributed by atoms with Gasteiger partial charge in [-0.2, -0.15) is 0 Å². The number of hydrogen-bond donors (Lipinski definition) is 1. The van der Waals surface area contributed by atoms with Crippen LogP contribution in [0.3, 0.4) is 0 Å². The summed E-state index contributed by atoms with van der Waals surface area (Å²) in [5, 5.41) is 2.35. The number of benzene rings is 2. The summed E-state index contributed by atoms with van der Waals surface area (Å²) in [5.74, 6) is -2.10. The van der Waals surface area contributed by atoms with Crippen molar-refractivity contribution in [3.05, 3.63) is 59.2 Å². The maximum absolute atomic E-state index is 14.2. The Hall–Kier alpha value is -3.49. The van der Waals surface area contributed by atoms with Crippen LogP contribution in [0.15, 0.2) is 36.4 Å². The van der Waals surface area contributed by atoms with Crippen molar-refractivity contribution in [1.82, 2.24) is 10.2 Å². The summed E-state index contributed by atoms with van der Waals surface area (Å²) < 4.78 is 38.1. The van der Waals surface area contributed by atoms with Gasteiger partial charge in [0, 0.05) is 11.1 Å². The molecule has 2 aliphatic rings. The molecule has 2 aromatic rings. The Kier molecular flexibility index (Phi) is 4.02. The van der Waals surface area contributed by atoms with Gasteiger partial charge in [-0.15, -0.1) is 0 Å². The molecule has 144 valence electrons. The Morgan fingerprint density at radius 3 is 2.68 bits per heavy atom. The van der Waals surface area contributed by atoms with Crippen LogP contribution in [-0.2, 0) is 10.3 Å². The molecule has 7 nitrogen and oxygen atoms in total. The van der Waals surface area contributed by atoms with E-state index in [1.165, 1.54) is 19.1 Å². The van der Waals surface area contributed by atoms with Gasteiger partial charge in [0.25, 0.3) is 5.91 Å². The zero-order valence-corrected chi connectivity index (χ0v) is 14.6. The number of rotatable bonds is 4. The number of carbonyl (C=O) groups excluding carboxylic acids is 3. The number of nitrogens with zero attached hydrogens (tertiary/aromatic N) is 1. The van der Waals surface area contributed by atoms with Crippen LogP contribution in [0.5, 0.6) is 11.5 Å². The number of ether oxygens (including phenoxy) is 2. The summed E-state index contributed by atoms with van der Waals surface area (Å²) in [6, 6.07) is 6.24. The Morgan fingerprint density at radius 2 is 1.89 bits per heavy atom. The lowest BCUT2D eigenvalue weighted by molar-refractivity contribution is -0.130. The molecule has 2 aromatic carbocycles. The average Bonchev–Trinajstić information content (AvgIpc) is 3.22. The van der Waals surface area contributed by atoms with Crippen molar-refractivity contribution in [3.8, 4) is 11.5 Å². The first-order chi connectivity index (χ1) is 13.3. The van der Waals surface area contributed by atoms with Crippen molar-refractivity contribution in [2.45, 2.75) is 12.5 Å². The zero-order valence-electron chi connectivity index (χ0n) is 14.6. The van der Waals surface area contributed by atoms with Crippen LogP contribution in [0.2, 0.25) is 0 Å². The molecule has 0 spiro atoms. The summed E-state index contributed by atoms with van der Waals surface area (Å²) in [6.07, 6.45) is 0. The first kappa shape index (κ1) is 17.9. The number of Topliss-reactive ketones (excluding diaryl/α,β-unsaturated/α-hetero) is 1. The Labute approximate surface area is 157 Å². The van der Waals surface area contributed by atoms with E-state index in [2.05, 4.69) is 5.32 Å². The van der Waals surface area contributed by atoms with Crippen LogP contribution in [-0.4, -0.2) is 36.0 Å². The van der Waals surface area contributed by atoms with E-state index in [-0.39, 0.29) is 17.9 Å². The number of hydrogen-bond acceptors (Lipinski definition) is 5. The maximum atomic E-state index is 14.2. The van der Waals surface area contributed by atoms with Gasteiger partial charge >= 0.3 is 6.03 Å². The highest BCUT2D eigenvalue weighted by atomic mass is 19.1. The molecule has 0 saturated carbocycles. The summed E-state index contributed by atoms with van der Waals surface area (Å²) in [6.45, 7) is 0.741. The Bertz CT molecular complexity index is 1030. The topological polar surface area (TPSA) is 84.9 Å². The molecule has 0 aliphatic carbocycles. The Balaban J connectivity index is 1.59. The van der Waals surface area contributed by atoms with Crippen LogP contribution >= 0.6 is 0 Å². The summed E-state index contributed by atoms with van der Waals surface area (Å²) in [4.78, 5) is 38.4. The van der Waals surface area contributed by atoms with Crippen LogP contribution in [0.1, 0.15) is 22.8 Å². The fourth-order valence-corrected chi connectivity index (χ4v) is 3.21. The number of nitrogens with one attached hydrogen (secondary N) is 1. The number of fused-ring (bicyclic) bond motifs is 1. The highest BCUT2D eigenvalue weighted by Crippen LogP contribution is 2.34. The predicted octanol–water partition coefficient (Wildman–Crippen LogP) is 2.34. The van der Waals surface area contributed by atoms with Crippen LogP contribution < -0.4 is 14.8 Å². The van der Waals surface area contributed by atoms with Gasteiger partial charge in [-0.05, 0) is 43.3 Å². The maximum Gasteiger partial charge on any atom is 0.325 e. The predicted molar refractivity (Wildman–Crippen MR) is 90.9 cm³/mol. The summed E-state index contributed by atoms with van der Waals surface area (Å²) in [7, 11) is 0. The molecule has 2 heterocycles. The number of urea groups is 1. The number of ketones is 1. The molecule has 9 heteroatoms. The average molecular weight is 388 g/mol. The molecule has 0 radical (unpaired) electrons.